The van der Waals surface area contributed by atoms with Crippen molar-refractivity contribution in [1.82, 2.24) is 15.3 Å². The smallest absolute Gasteiger partial charge is 0.251 e. The standard InChI is InChI=1S/C26H25N5O2S/c1-17(2)29-22-10-4-8-20(13-22)25(33)28-15-24(32)31-26-30-23(16-34-26)19-7-3-6-18(12-19)21-9-5-11-27-14-21/h3-14,16-17,29H,15H2,1-2H3,(H,28,33)(H,30,31,32). The summed E-state index contributed by atoms with van der Waals surface area (Å²) in [6.07, 6.45) is 3.56. The van der Waals surface area contributed by atoms with Crippen LogP contribution in [0, 0.1) is 0 Å². The van der Waals surface area contributed by atoms with Crippen LogP contribution in [-0.4, -0.2) is 34.4 Å². The van der Waals surface area contributed by atoms with Gasteiger partial charge >= 0.3 is 0 Å². The molecule has 7 nitrogen and oxygen atoms in total. The van der Waals surface area contributed by atoms with Crippen molar-refractivity contribution >= 4 is 34.0 Å². The number of carbonyl (C=O) groups is 2. The lowest BCUT2D eigenvalue weighted by Crippen LogP contribution is -2.32. The predicted molar refractivity (Wildman–Crippen MR) is 137 cm³/mol. The third kappa shape index (κ3) is 6.05. The molecule has 2 heterocycles. The van der Waals surface area contributed by atoms with Crippen molar-refractivity contribution in [2.75, 3.05) is 17.2 Å². The minimum Gasteiger partial charge on any atom is -0.383 e. The van der Waals surface area contributed by atoms with E-state index in [1.807, 2.05) is 67.9 Å². The van der Waals surface area contributed by atoms with Gasteiger partial charge < -0.3 is 16.0 Å². The van der Waals surface area contributed by atoms with Gasteiger partial charge in [-0.2, -0.15) is 0 Å². The number of anilines is 2. The first-order chi connectivity index (χ1) is 16.5. The van der Waals surface area contributed by atoms with E-state index >= 15 is 0 Å². The van der Waals surface area contributed by atoms with Gasteiger partial charge in [-0.3, -0.25) is 14.6 Å². The number of carbonyl (C=O) groups excluding carboxylic acids is 2. The molecule has 2 amide bonds. The molecule has 0 aliphatic carbocycles. The molecule has 2 aromatic carbocycles. The fraction of sp³-hybridized carbons (Fsp3) is 0.154. The van der Waals surface area contributed by atoms with E-state index in [0.717, 1.165) is 28.1 Å². The summed E-state index contributed by atoms with van der Waals surface area (Å²) in [7, 11) is 0. The maximum atomic E-state index is 12.4. The van der Waals surface area contributed by atoms with Crippen molar-refractivity contribution in [2.45, 2.75) is 19.9 Å². The zero-order valence-corrected chi connectivity index (χ0v) is 19.7. The first-order valence-electron chi connectivity index (χ1n) is 10.9. The summed E-state index contributed by atoms with van der Waals surface area (Å²) in [6, 6.07) is 19.3. The van der Waals surface area contributed by atoms with Gasteiger partial charge in [0.05, 0.1) is 12.2 Å². The minimum atomic E-state index is -0.338. The van der Waals surface area contributed by atoms with Crippen molar-refractivity contribution in [3.05, 3.63) is 84.0 Å². The number of nitrogens with zero attached hydrogens (tertiary/aromatic N) is 2. The summed E-state index contributed by atoms with van der Waals surface area (Å²) in [5.74, 6) is -0.649. The van der Waals surface area contributed by atoms with Gasteiger partial charge in [-0.05, 0) is 49.7 Å². The molecule has 0 saturated carbocycles. The molecule has 0 bridgehead atoms. The fourth-order valence-corrected chi connectivity index (χ4v) is 4.10. The predicted octanol–water partition coefficient (Wildman–Crippen LogP) is 5.06. The van der Waals surface area contributed by atoms with E-state index in [2.05, 4.69) is 25.9 Å². The lowest BCUT2D eigenvalue weighted by Gasteiger charge is -2.11. The zero-order valence-electron chi connectivity index (χ0n) is 18.9. The van der Waals surface area contributed by atoms with Crippen molar-refractivity contribution in [1.29, 1.82) is 0 Å². The van der Waals surface area contributed by atoms with Crippen LogP contribution < -0.4 is 16.0 Å². The molecule has 0 aliphatic rings. The van der Waals surface area contributed by atoms with E-state index in [-0.39, 0.29) is 24.4 Å². The Labute approximate surface area is 202 Å². The number of benzene rings is 2. The van der Waals surface area contributed by atoms with Gasteiger partial charge in [0.2, 0.25) is 5.91 Å². The van der Waals surface area contributed by atoms with Crippen LogP contribution in [0.5, 0.6) is 0 Å². The minimum absolute atomic E-state index is 0.147. The fourth-order valence-electron chi connectivity index (χ4n) is 3.36. The van der Waals surface area contributed by atoms with E-state index in [1.54, 1.807) is 24.4 Å². The van der Waals surface area contributed by atoms with E-state index in [4.69, 9.17) is 0 Å². The molecule has 0 radical (unpaired) electrons. The Morgan fingerprint density at radius 1 is 0.971 bits per heavy atom. The lowest BCUT2D eigenvalue weighted by atomic mass is 10.0. The van der Waals surface area contributed by atoms with Crippen molar-refractivity contribution in [3.8, 4) is 22.4 Å². The molecule has 0 aliphatic heterocycles. The number of nitrogens with one attached hydrogen (secondary N) is 3. The maximum Gasteiger partial charge on any atom is 0.251 e. The Hall–Kier alpha value is -4.04. The summed E-state index contributed by atoms with van der Waals surface area (Å²) in [6.45, 7) is 3.91. The molecular weight excluding hydrogens is 446 g/mol. The van der Waals surface area contributed by atoms with E-state index in [9.17, 15) is 9.59 Å². The number of aromatic nitrogens is 2. The third-order valence-electron chi connectivity index (χ3n) is 4.89. The zero-order chi connectivity index (χ0) is 23.9. The topological polar surface area (TPSA) is 96.0 Å². The van der Waals surface area contributed by atoms with Crippen LogP contribution in [0.2, 0.25) is 0 Å². The van der Waals surface area contributed by atoms with Crippen molar-refractivity contribution < 1.29 is 9.59 Å². The molecular formula is C26H25N5O2S. The van der Waals surface area contributed by atoms with Crippen LogP contribution in [0.1, 0.15) is 24.2 Å². The highest BCUT2D eigenvalue weighted by Gasteiger charge is 2.12. The van der Waals surface area contributed by atoms with Crippen molar-refractivity contribution in [3.63, 3.8) is 0 Å². The van der Waals surface area contributed by atoms with E-state index in [0.29, 0.717) is 10.7 Å². The summed E-state index contributed by atoms with van der Waals surface area (Å²) in [5.41, 5.74) is 5.12. The van der Waals surface area contributed by atoms with Crippen LogP contribution in [0.4, 0.5) is 10.8 Å². The summed E-state index contributed by atoms with van der Waals surface area (Å²) in [4.78, 5) is 33.5. The number of pyridine rings is 1. The first-order valence-corrected chi connectivity index (χ1v) is 11.8. The van der Waals surface area contributed by atoms with Crippen LogP contribution in [0.15, 0.2) is 78.4 Å². The number of rotatable bonds is 8. The van der Waals surface area contributed by atoms with Crippen molar-refractivity contribution in [2.24, 2.45) is 0 Å². The molecule has 0 fully saturated rings. The second kappa shape index (κ2) is 10.7. The third-order valence-corrected chi connectivity index (χ3v) is 5.65. The van der Waals surface area contributed by atoms with Gasteiger partial charge in [-0.1, -0.05) is 30.3 Å². The first kappa shape index (κ1) is 23.1. The van der Waals surface area contributed by atoms with Crippen LogP contribution >= 0.6 is 11.3 Å². The average molecular weight is 472 g/mol. The molecule has 172 valence electrons. The second-order valence-corrected chi connectivity index (χ2v) is 8.83. The Bertz CT molecular complexity index is 1290. The molecule has 0 spiro atoms. The van der Waals surface area contributed by atoms with E-state index < -0.39 is 0 Å². The van der Waals surface area contributed by atoms with Crippen LogP contribution in [-0.2, 0) is 4.79 Å². The molecule has 3 N–H and O–H groups in total. The lowest BCUT2D eigenvalue weighted by molar-refractivity contribution is -0.115. The molecule has 4 rings (SSSR count). The summed E-state index contributed by atoms with van der Waals surface area (Å²) < 4.78 is 0. The number of thiazole rings is 1. The molecule has 34 heavy (non-hydrogen) atoms. The van der Waals surface area contributed by atoms with Gasteiger partial charge in [0.25, 0.3) is 5.91 Å². The highest BCUT2D eigenvalue weighted by atomic mass is 32.1. The Morgan fingerprint density at radius 2 is 1.76 bits per heavy atom. The number of hydrogen-bond acceptors (Lipinski definition) is 6. The number of hydrogen-bond donors (Lipinski definition) is 3. The van der Waals surface area contributed by atoms with Gasteiger partial charge in [-0.15, -0.1) is 11.3 Å². The second-order valence-electron chi connectivity index (χ2n) is 7.97. The highest BCUT2D eigenvalue weighted by molar-refractivity contribution is 7.14. The monoisotopic (exact) mass is 471 g/mol. The molecule has 0 unspecified atom stereocenters. The van der Waals surface area contributed by atoms with E-state index in [1.165, 1.54) is 11.3 Å². The molecule has 4 aromatic rings. The normalized spacial score (nSPS) is 10.7. The Balaban J connectivity index is 1.35. The van der Waals surface area contributed by atoms with Crippen LogP contribution in [0.3, 0.4) is 0 Å². The molecule has 8 heteroatoms. The number of amides is 2. The summed E-state index contributed by atoms with van der Waals surface area (Å²) in [5, 5.41) is 11.0. The SMILES string of the molecule is CC(C)Nc1cccc(C(=O)NCC(=O)Nc2nc(-c3cccc(-c4cccnc4)c3)cs2)c1. The van der Waals surface area contributed by atoms with Crippen LogP contribution in [0.25, 0.3) is 22.4 Å². The van der Waals surface area contributed by atoms with Gasteiger partial charge in [0, 0.05) is 46.2 Å². The van der Waals surface area contributed by atoms with Gasteiger partial charge in [0.15, 0.2) is 5.13 Å². The molecule has 0 atom stereocenters. The Kier molecular flexibility index (Phi) is 7.29. The molecule has 0 saturated heterocycles. The quantitative estimate of drug-likeness (QED) is 0.334. The highest BCUT2D eigenvalue weighted by Crippen LogP contribution is 2.28. The largest absolute Gasteiger partial charge is 0.383 e. The average Bonchev–Trinajstić information content (AvgIpc) is 3.31. The maximum absolute atomic E-state index is 12.4. The van der Waals surface area contributed by atoms with Gasteiger partial charge in [-0.25, -0.2) is 4.98 Å². The molecule has 2 aromatic heterocycles. The Morgan fingerprint density at radius 3 is 2.56 bits per heavy atom. The summed E-state index contributed by atoms with van der Waals surface area (Å²) >= 11 is 1.34. The van der Waals surface area contributed by atoms with Gasteiger partial charge in [0.1, 0.15) is 0 Å².